The number of aliphatic hydroxyl groups is 1. The maximum absolute atomic E-state index is 11.4. The van der Waals surface area contributed by atoms with Gasteiger partial charge in [0.05, 0.1) is 11.6 Å². The van der Waals surface area contributed by atoms with E-state index in [-0.39, 0.29) is 5.97 Å². The summed E-state index contributed by atoms with van der Waals surface area (Å²) in [5.74, 6) is 0.505. The SMILES string of the molecule is CCOC(=O)CCc1ccc(OC(N)C(O)CC(C)C)c(Cl)c1. The van der Waals surface area contributed by atoms with Gasteiger partial charge in [0.15, 0.2) is 6.23 Å². The molecule has 0 saturated carbocycles. The van der Waals surface area contributed by atoms with Crippen molar-refractivity contribution in [2.75, 3.05) is 6.61 Å². The number of nitrogens with two attached hydrogens (primary N) is 1. The van der Waals surface area contributed by atoms with Gasteiger partial charge in [0.25, 0.3) is 0 Å². The fraction of sp³-hybridized carbons (Fsp3) is 0.588. The molecule has 0 bridgehead atoms. The number of hydrogen-bond donors (Lipinski definition) is 2. The second-order valence-electron chi connectivity index (χ2n) is 5.85. The van der Waals surface area contributed by atoms with E-state index in [1.807, 2.05) is 19.9 Å². The van der Waals surface area contributed by atoms with Crippen LogP contribution in [-0.2, 0) is 16.0 Å². The fourth-order valence-corrected chi connectivity index (χ4v) is 2.36. The second-order valence-corrected chi connectivity index (χ2v) is 6.26. The molecule has 0 saturated heterocycles. The quantitative estimate of drug-likeness (QED) is 0.532. The molecule has 0 spiro atoms. The number of esters is 1. The van der Waals surface area contributed by atoms with Crippen molar-refractivity contribution >= 4 is 17.6 Å². The van der Waals surface area contributed by atoms with Crippen molar-refractivity contribution in [2.45, 2.75) is 52.4 Å². The summed E-state index contributed by atoms with van der Waals surface area (Å²) in [4.78, 5) is 11.4. The van der Waals surface area contributed by atoms with E-state index in [1.54, 1.807) is 19.1 Å². The van der Waals surface area contributed by atoms with E-state index in [2.05, 4.69) is 0 Å². The number of carbonyl (C=O) groups is 1. The Hall–Kier alpha value is -1.30. The first kappa shape index (κ1) is 19.7. The molecular weight excluding hydrogens is 318 g/mol. The van der Waals surface area contributed by atoms with E-state index in [1.165, 1.54) is 0 Å². The molecule has 1 aromatic rings. The van der Waals surface area contributed by atoms with Crippen LogP contribution in [0.4, 0.5) is 0 Å². The van der Waals surface area contributed by atoms with Gasteiger partial charge in [0, 0.05) is 6.42 Å². The molecule has 2 unspecified atom stereocenters. The van der Waals surface area contributed by atoms with Crippen molar-refractivity contribution in [1.82, 2.24) is 0 Å². The summed E-state index contributed by atoms with van der Waals surface area (Å²) in [7, 11) is 0. The van der Waals surface area contributed by atoms with Gasteiger partial charge in [-0.3, -0.25) is 10.5 Å². The molecule has 5 nitrogen and oxygen atoms in total. The first-order valence-corrected chi connectivity index (χ1v) is 8.25. The highest BCUT2D eigenvalue weighted by molar-refractivity contribution is 6.32. The van der Waals surface area contributed by atoms with Crippen LogP contribution in [0, 0.1) is 5.92 Å². The van der Waals surface area contributed by atoms with Crippen LogP contribution in [0.1, 0.15) is 39.2 Å². The van der Waals surface area contributed by atoms with Crippen molar-refractivity contribution in [1.29, 1.82) is 0 Å². The maximum Gasteiger partial charge on any atom is 0.306 e. The van der Waals surface area contributed by atoms with Crippen LogP contribution in [-0.4, -0.2) is 30.0 Å². The van der Waals surface area contributed by atoms with Crippen molar-refractivity contribution < 1.29 is 19.4 Å². The van der Waals surface area contributed by atoms with Gasteiger partial charge in [0.1, 0.15) is 11.9 Å². The number of hydrogen-bond acceptors (Lipinski definition) is 5. The molecular formula is C17H26ClNO4. The molecule has 0 fully saturated rings. The minimum absolute atomic E-state index is 0.234. The second kappa shape index (κ2) is 9.75. The monoisotopic (exact) mass is 343 g/mol. The smallest absolute Gasteiger partial charge is 0.306 e. The Morgan fingerprint density at radius 2 is 2.09 bits per heavy atom. The first-order valence-electron chi connectivity index (χ1n) is 7.87. The Kier molecular flexibility index (Phi) is 8.37. The maximum atomic E-state index is 11.4. The molecule has 0 radical (unpaired) electrons. The van der Waals surface area contributed by atoms with Gasteiger partial charge in [-0.1, -0.05) is 31.5 Å². The number of aryl methyl sites for hydroxylation is 1. The highest BCUT2D eigenvalue weighted by atomic mass is 35.5. The van der Waals surface area contributed by atoms with E-state index in [9.17, 15) is 9.90 Å². The summed E-state index contributed by atoms with van der Waals surface area (Å²) in [5.41, 5.74) is 6.75. The van der Waals surface area contributed by atoms with E-state index in [0.717, 1.165) is 5.56 Å². The molecule has 23 heavy (non-hydrogen) atoms. The highest BCUT2D eigenvalue weighted by Crippen LogP contribution is 2.27. The van der Waals surface area contributed by atoms with Crippen molar-refractivity contribution in [3.8, 4) is 5.75 Å². The van der Waals surface area contributed by atoms with Crippen LogP contribution in [0.2, 0.25) is 5.02 Å². The van der Waals surface area contributed by atoms with Crippen LogP contribution in [0.15, 0.2) is 18.2 Å². The molecule has 0 aliphatic rings. The molecule has 6 heteroatoms. The van der Waals surface area contributed by atoms with Crippen molar-refractivity contribution in [3.05, 3.63) is 28.8 Å². The summed E-state index contributed by atoms with van der Waals surface area (Å²) in [6.07, 6.45) is -0.191. The third kappa shape index (κ3) is 7.20. The number of halogens is 1. The zero-order chi connectivity index (χ0) is 17.4. The van der Waals surface area contributed by atoms with Crippen LogP contribution in [0.3, 0.4) is 0 Å². The van der Waals surface area contributed by atoms with Gasteiger partial charge >= 0.3 is 5.97 Å². The zero-order valence-corrected chi connectivity index (χ0v) is 14.7. The lowest BCUT2D eigenvalue weighted by molar-refractivity contribution is -0.143. The Bertz CT molecular complexity index is 507. The van der Waals surface area contributed by atoms with E-state index in [4.69, 9.17) is 26.8 Å². The summed E-state index contributed by atoms with van der Waals surface area (Å²) < 4.78 is 10.4. The van der Waals surface area contributed by atoms with Crippen LogP contribution >= 0.6 is 11.6 Å². The minimum atomic E-state index is -0.833. The molecule has 1 rings (SSSR count). The Labute approximate surface area is 142 Å². The highest BCUT2D eigenvalue weighted by Gasteiger charge is 2.19. The minimum Gasteiger partial charge on any atom is -0.471 e. The standard InChI is InChI=1S/C17H26ClNO4/c1-4-22-16(21)8-6-12-5-7-15(13(18)10-12)23-17(19)14(20)9-11(2)3/h5,7,10-11,14,17,20H,4,6,8-9,19H2,1-3H3. The molecule has 0 amide bonds. The number of aliphatic hydroxyl groups excluding tert-OH is 1. The zero-order valence-electron chi connectivity index (χ0n) is 13.9. The van der Waals surface area contributed by atoms with E-state index < -0.39 is 12.3 Å². The van der Waals surface area contributed by atoms with E-state index in [0.29, 0.717) is 42.6 Å². The summed E-state index contributed by atoms with van der Waals surface area (Å²) in [6, 6.07) is 5.25. The predicted molar refractivity (Wildman–Crippen MR) is 90.5 cm³/mol. The fourth-order valence-electron chi connectivity index (χ4n) is 2.12. The lowest BCUT2D eigenvalue weighted by Gasteiger charge is -2.22. The van der Waals surface area contributed by atoms with E-state index >= 15 is 0 Å². The molecule has 0 aliphatic carbocycles. The average Bonchev–Trinajstić information content (AvgIpc) is 2.47. The Morgan fingerprint density at radius 1 is 1.39 bits per heavy atom. The lowest BCUT2D eigenvalue weighted by Crippen LogP contribution is -2.40. The normalized spacial score (nSPS) is 13.7. The first-order chi connectivity index (χ1) is 10.8. The van der Waals surface area contributed by atoms with Gasteiger partial charge in [-0.15, -0.1) is 0 Å². The van der Waals surface area contributed by atoms with Gasteiger partial charge in [-0.2, -0.15) is 0 Å². The molecule has 0 aromatic heterocycles. The Morgan fingerprint density at radius 3 is 2.65 bits per heavy atom. The van der Waals surface area contributed by atoms with Gasteiger partial charge < -0.3 is 14.6 Å². The largest absolute Gasteiger partial charge is 0.471 e. The van der Waals surface area contributed by atoms with Crippen molar-refractivity contribution in [2.24, 2.45) is 11.7 Å². The number of benzene rings is 1. The van der Waals surface area contributed by atoms with Gasteiger partial charge in [-0.05, 0) is 43.4 Å². The van der Waals surface area contributed by atoms with Crippen LogP contribution in [0.5, 0.6) is 5.75 Å². The van der Waals surface area contributed by atoms with Crippen LogP contribution in [0.25, 0.3) is 0 Å². The molecule has 0 aliphatic heterocycles. The summed E-state index contributed by atoms with van der Waals surface area (Å²) in [5, 5.41) is 10.3. The summed E-state index contributed by atoms with van der Waals surface area (Å²) in [6.45, 7) is 6.16. The molecule has 130 valence electrons. The third-order valence-corrected chi connectivity index (χ3v) is 3.57. The Balaban J connectivity index is 2.60. The molecule has 1 aromatic carbocycles. The predicted octanol–water partition coefficient (Wildman–Crippen LogP) is 2.91. The molecule has 2 atom stereocenters. The number of carbonyl (C=O) groups excluding carboxylic acids is 1. The van der Waals surface area contributed by atoms with Gasteiger partial charge in [-0.25, -0.2) is 0 Å². The lowest BCUT2D eigenvalue weighted by atomic mass is 10.1. The van der Waals surface area contributed by atoms with Gasteiger partial charge in [0.2, 0.25) is 0 Å². The number of ether oxygens (including phenoxy) is 2. The number of rotatable bonds is 9. The average molecular weight is 344 g/mol. The summed E-state index contributed by atoms with van der Waals surface area (Å²) >= 11 is 6.18. The van der Waals surface area contributed by atoms with Crippen molar-refractivity contribution in [3.63, 3.8) is 0 Å². The molecule has 0 heterocycles. The molecule has 3 N–H and O–H groups in total. The van der Waals surface area contributed by atoms with Crippen LogP contribution < -0.4 is 10.5 Å². The third-order valence-electron chi connectivity index (χ3n) is 3.27. The topological polar surface area (TPSA) is 81.8 Å².